The molecule has 1 N–H and O–H groups in total. The van der Waals surface area contributed by atoms with Crippen molar-refractivity contribution in [3.05, 3.63) is 58.6 Å². The molecule has 2 aromatic carbocycles. The zero-order valence-electron chi connectivity index (χ0n) is 14.3. The molecular weight excluding hydrogens is 356 g/mol. The van der Waals surface area contributed by atoms with Gasteiger partial charge in [-0.2, -0.15) is 0 Å². The predicted molar refractivity (Wildman–Crippen MR) is 99.1 cm³/mol. The van der Waals surface area contributed by atoms with Crippen molar-refractivity contribution >= 4 is 29.1 Å². The molecule has 1 saturated heterocycles. The van der Waals surface area contributed by atoms with Crippen LogP contribution in [0.1, 0.15) is 20.7 Å². The minimum Gasteiger partial charge on any atom is -0.496 e. The quantitative estimate of drug-likeness (QED) is 0.893. The van der Waals surface area contributed by atoms with Crippen LogP contribution in [0.5, 0.6) is 5.75 Å². The Morgan fingerprint density at radius 1 is 1.15 bits per heavy atom. The van der Waals surface area contributed by atoms with E-state index in [1.807, 2.05) is 0 Å². The summed E-state index contributed by atoms with van der Waals surface area (Å²) in [6.07, 6.45) is 0. The van der Waals surface area contributed by atoms with Crippen LogP contribution < -0.4 is 10.1 Å². The van der Waals surface area contributed by atoms with E-state index in [0.717, 1.165) is 0 Å². The number of halogens is 1. The van der Waals surface area contributed by atoms with Crippen molar-refractivity contribution in [3.8, 4) is 5.75 Å². The molecule has 1 aliphatic rings. The molecule has 0 radical (unpaired) electrons. The average molecular weight is 375 g/mol. The molecule has 136 valence electrons. The van der Waals surface area contributed by atoms with E-state index in [1.54, 1.807) is 47.4 Å². The molecule has 0 bridgehead atoms. The molecule has 2 amide bonds. The van der Waals surface area contributed by atoms with E-state index in [2.05, 4.69) is 5.32 Å². The Hall–Kier alpha value is -2.57. The summed E-state index contributed by atoms with van der Waals surface area (Å²) in [5.41, 5.74) is 1.36. The number of rotatable bonds is 4. The van der Waals surface area contributed by atoms with Gasteiger partial charge in [0, 0.05) is 29.4 Å². The highest BCUT2D eigenvalue weighted by Gasteiger charge is 2.19. The van der Waals surface area contributed by atoms with E-state index in [0.29, 0.717) is 53.9 Å². The van der Waals surface area contributed by atoms with Crippen molar-refractivity contribution in [2.24, 2.45) is 0 Å². The van der Waals surface area contributed by atoms with Crippen LogP contribution >= 0.6 is 11.6 Å². The number of hydrogen-bond acceptors (Lipinski definition) is 4. The van der Waals surface area contributed by atoms with Crippen LogP contribution in [0.15, 0.2) is 42.5 Å². The molecule has 7 heteroatoms. The maximum absolute atomic E-state index is 12.6. The molecule has 0 atom stereocenters. The summed E-state index contributed by atoms with van der Waals surface area (Å²) in [4.78, 5) is 26.9. The first-order valence-corrected chi connectivity index (χ1v) is 8.58. The zero-order valence-corrected chi connectivity index (χ0v) is 15.1. The van der Waals surface area contributed by atoms with Crippen LogP contribution in [-0.4, -0.2) is 50.1 Å². The number of carbonyl (C=O) groups is 2. The molecule has 0 spiro atoms. The van der Waals surface area contributed by atoms with Gasteiger partial charge in [0.25, 0.3) is 11.8 Å². The number of anilines is 1. The van der Waals surface area contributed by atoms with Gasteiger partial charge in [-0.15, -0.1) is 0 Å². The van der Waals surface area contributed by atoms with E-state index in [1.165, 1.54) is 7.11 Å². The molecule has 0 aliphatic carbocycles. The molecule has 6 nitrogen and oxygen atoms in total. The zero-order chi connectivity index (χ0) is 18.5. The van der Waals surface area contributed by atoms with Crippen LogP contribution in [0.2, 0.25) is 5.02 Å². The summed E-state index contributed by atoms with van der Waals surface area (Å²) in [5, 5.41) is 3.22. The van der Waals surface area contributed by atoms with Crippen molar-refractivity contribution in [2.45, 2.75) is 0 Å². The van der Waals surface area contributed by atoms with Crippen molar-refractivity contribution in [2.75, 3.05) is 38.7 Å². The normalized spacial score (nSPS) is 14.0. The number of carbonyl (C=O) groups excluding carboxylic acids is 2. The lowest BCUT2D eigenvalue weighted by Gasteiger charge is -2.27. The first-order chi connectivity index (χ1) is 12.6. The topological polar surface area (TPSA) is 67.9 Å². The smallest absolute Gasteiger partial charge is 0.259 e. The molecule has 1 fully saturated rings. The molecular formula is C19H19ClN2O4. The van der Waals surface area contributed by atoms with Gasteiger partial charge in [0.05, 0.1) is 25.9 Å². The van der Waals surface area contributed by atoms with Crippen LogP contribution in [-0.2, 0) is 4.74 Å². The number of benzene rings is 2. The number of hydrogen-bond donors (Lipinski definition) is 1. The Bertz CT molecular complexity index is 819. The van der Waals surface area contributed by atoms with Gasteiger partial charge in [0.2, 0.25) is 0 Å². The van der Waals surface area contributed by atoms with Crippen molar-refractivity contribution < 1.29 is 19.1 Å². The Balaban J connectivity index is 1.77. The summed E-state index contributed by atoms with van der Waals surface area (Å²) >= 11 is 5.98. The fourth-order valence-electron chi connectivity index (χ4n) is 2.74. The molecule has 26 heavy (non-hydrogen) atoms. The van der Waals surface area contributed by atoms with Gasteiger partial charge in [-0.3, -0.25) is 9.59 Å². The summed E-state index contributed by atoms with van der Waals surface area (Å²) < 4.78 is 10.5. The lowest BCUT2D eigenvalue weighted by atomic mass is 10.1. The van der Waals surface area contributed by atoms with Gasteiger partial charge < -0.3 is 19.7 Å². The molecule has 0 saturated carbocycles. The highest BCUT2D eigenvalue weighted by molar-refractivity contribution is 6.31. The van der Waals surface area contributed by atoms with Crippen LogP contribution in [0.3, 0.4) is 0 Å². The van der Waals surface area contributed by atoms with E-state index < -0.39 is 0 Å². The van der Waals surface area contributed by atoms with Gasteiger partial charge in [-0.1, -0.05) is 17.7 Å². The third kappa shape index (κ3) is 4.15. The molecule has 1 aliphatic heterocycles. The van der Waals surface area contributed by atoms with Gasteiger partial charge >= 0.3 is 0 Å². The third-order valence-corrected chi connectivity index (χ3v) is 4.31. The average Bonchev–Trinajstić information content (AvgIpc) is 2.68. The minimum atomic E-state index is -0.361. The Morgan fingerprint density at radius 3 is 2.65 bits per heavy atom. The molecule has 2 aromatic rings. The number of morpholine rings is 1. The summed E-state index contributed by atoms with van der Waals surface area (Å²) in [6.45, 7) is 2.21. The number of methoxy groups -OCH3 is 1. The summed E-state index contributed by atoms with van der Waals surface area (Å²) in [7, 11) is 1.49. The number of ether oxygens (including phenoxy) is 2. The van der Waals surface area contributed by atoms with Crippen LogP contribution in [0.25, 0.3) is 0 Å². The Labute approximate surface area is 156 Å². The van der Waals surface area contributed by atoms with Gasteiger partial charge in [-0.25, -0.2) is 0 Å². The molecule has 1 heterocycles. The van der Waals surface area contributed by atoms with Gasteiger partial charge in [0.1, 0.15) is 5.75 Å². The first kappa shape index (κ1) is 18.2. The van der Waals surface area contributed by atoms with Gasteiger partial charge in [0.15, 0.2) is 0 Å². The second-order valence-corrected chi connectivity index (χ2v) is 6.22. The fourth-order valence-corrected chi connectivity index (χ4v) is 2.91. The van der Waals surface area contributed by atoms with E-state index in [4.69, 9.17) is 21.1 Å². The van der Waals surface area contributed by atoms with Crippen LogP contribution in [0, 0.1) is 0 Å². The number of nitrogens with one attached hydrogen (secondary N) is 1. The lowest BCUT2D eigenvalue weighted by Crippen LogP contribution is -2.40. The summed E-state index contributed by atoms with van der Waals surface area (Å²) in [5.74, 6) is -0.0162. The second-order valence-electron chi connectivity index (χ2n) is 5.78. The monoisotopic (exact) mass is 374 g/mol. The van der Waals surface area contributed by atoms with Crippen molar-refractivity contribution in [3.63, 3.8) is 0 Å². The fraction of sp³-hybridized carbons (Fsp3) is 0.263. The predicted octanol–water partition coefficient (Wildman–Crippen LogP) is 3.07. The van der Waals surface area contributed by atoms with E-state index in [-0.39, 0.29) is 11.8 Å². The highest BCUT2D eigenvalue weighted by atomic mass is 35.5. The first-order valence-electron chi connectivity index (χ1n) is 8.20. The lowest BCUT2D eigenvalue weighted by molar-refractivity contribution is 0.0303. The standard InChI is InChI=1S/C19H19ClN2O4/c1-25-17-6-5-14(20)12-16(17)18(23)21-15-4-2-3-13(11-15)19(24)22-7-9-26-10-8-22/h2-6,11-12H,7-10H2,1H3,(H,21,23). The van der Waals surface area contributed by atoms with E-state index >= 15 is 0 Å². The van der Waals surface area contributed by atoms with Crippen molar-refractivity contribution in [1.29, 1.82) is 0 Å². The highest BCUT2D eigenvalue weighted by Crippen LogP contribution is 2.24. The largest absolute Gasteiger partial charge is 0.496 e. The summed E-state index contributed by atoms with van der Waals surface area (Å²) in [6, 6.07) is 11.7. The van der Waals surface area contributed by atoms with Crippen molar-refractivity contribution in [1.82, 2.24) is 4.90 Å². The molecule has 3 rings (SSSR count). The Morgan fingerprint density at radius 2 is 1.92 bits per heavy atom. The second kappa shape index (κ2) is 8.21. The molecule has 0 aromatic heterocycles. The minimum absolute atomic E-state index is 0.0789. The van der Waals surface area contributed by atoms with Crippen LogP contribution in [0.4, 0.5) is 5.69 Å². The Kier molecular flexibility index (Phi) is 5.75. The third-order valence-electron chi connectivity index (χ3n) is 4.07. The number of nitrogens with zero attached hydrogens (tertiary/aromatic N) is 1. The molecule has 0 unspecified atom stereocenters. The van der Waals surface area contributed by atoms with Gasteiger partial charge in [-0.05, 0) is 36.4 Å². The maximum Gasteiger partial charge on any atom is 0.259 e. The van der Waals surface area contributed by atoms with E-state index in [9.17, 15) is 9.59 Å². The SMILES string of the molecule is COc1ccc(Cl)cc1C(=O)Nc1cccc(C(=O)N2CCOCC2)c1. The number of amides is 2. The maximum atomic E-state index is 12.6.